The summed E-state index contributed by atoms with van der Waals surface area (Å²) in [6.07, 6.45) is 3.91. The number of rotatable bonds is 6. The number of nitrogens with zero attached hydrogens (tertiary/aromatic N) is 1. The molecule has 0 radical (unpaired) electrons. The smallest absolute Gasteiger partial charge is 0.261 e. The van der Waals surface area contributed by atoms with Crippen molar-refractivity contribution in [3.8, 4) is 0 Å². The van der Waals surface area contributed by atoms with Gasteiger partial charge in [-0.1, -0.05) is 41.9 Å². The highest BCUT2D eigenvalue weighted by Crippen LogP contribution is 2.34. The first kappa shape index (κ1) is 20.9. The second-order valence-electron chi connectivity index (χ2n) is 7.70. The van der Waals surface area contributed by atoms with E-state index in [1.165, 1.54) is 11.3 Å². The number of carbonyl (C=O) groups is 2. The first-order chi connectivity index (χ1) is 14.6. The molecule has 6 heteroatoms. The number of fused-ring (bicyclic) bond motifs is 1. The predicted octanol–water partition coefficient (Wildman–Crippen LogP) is 5.08. The monoisotopic (exact) mass is 440 g/mol. The van der Waals surface area contributed by atoms with Gasteiger partial charge < -0.3 is 10.2 Å². The normalized spacial score (nSPS) is 16.2. The van der Waals surface area contributed by atoms with Crippen molar-refractivity contribution in [2.24, 2.45) is 0 Å². The maximum absolute atomic E-state index is 13.0. The Kier molecular flexibility index (Phi) is 6.40. The van der Waals surface area contributed by atoms with Crippen LogP contribution in [0.4, 0.5) is 0 Å². The van der Waals surface area contributed by atoms with Gasteiger partial charge in [-0.3, -0.25) is 9.59 Å². The van der Waals surface area contributed by atoms with Gasteiger partial charge in [0, 0.05) is 35.8 Å². The third kappa shape index (κ3) is 4.37. The first-order valence-electron chi connectivity index (χ1n) is 10.3. The lowest BCUT2D eigenvalue weighted by atomic mass is 10.00. The number of nitrogens with one attached hydrogen (secondary N) is 1. The molecule has 2 amide bonds. The molecule has 1 aliphatic rings. The molecular weight excluding hydrogens is 416 g/mol. The number of hydrogen-bond donors (Lipinski definition) is 1. The van der Waals surface area contributed by atoms with Crippen LogP contribution < -0.4 is 5.32 Å². The Morgan fingerprint density at radius 2 is 1.93 bits per heavy atom. The number of benzene rings is 2. The molecule has 4 nitrogen and oxygen atoms in total. The molecule has 2 heterocycles. The lowest BCUT2D eigenvalue weighted by molar-refractivity contribution is -0.131. The molecule has 3 aromatic rings. The van der Waals surface area contributed by atoms with Crippen molar-refractivity contribution in [1.29, 1.82) is 0 Å². The molecule has 2 aromatic carbocycles. The van der Waals surface area contributed by atoms with Crippen LogP contribution in [0.15, 0.2) is 48.5 Å². The highest BCUT2D eigenvalue weighted by atomic mass is 35.5. The molecule has 0 bridgehead atoms. The molecule has 4 rings (SSSR count). The molecule has 1 aromatic heterocycles. The second-order valence-corrected chi connectivity index (χ2v) is 9.19. The van der Waals surface area contributed by atoms with Gasteiger partial charge in [-0.2, -0.15) is 0 Å². The van der Waals surface area contributed by atoms with Gasteiger partial charge in [-0.15, -0.1) is 11.3 Å². The average Bonchev–Trinajstić information content (AvgIpc) is 3.38. The summed E-state index contributed by atoms with van der Waals surface area (Å²) in [7, 11) is 1.67. The quantitative estimate of drug-likeness (QED) is 0.581. The maximum atomic E-state index is 13.0. The van der Waals surface area contributed by atoms with E-state index >= 15 is 0 Å². The fourth-order valence-corrected chi connectivity index (χ4v) is 5.56. The van der Waals surface area contributed by atoms with Crippen LogP contribution >= 0.6 is 22.9 Å². The third-order valence-electron chi connectivity index (χ3n) is 5.81. The van der Waals surface area contributed by atoms with Crippen LogP contribution in [-0.2, 0) is 17.6 Å². The summed E-state index contributed by atoms with van der Waals surface area (Å²) in [5.41, 5.74) is 2.19. The molecule has 30 heavy (non-hydrogen) atoms. The van der Waals surface area contributed by atoms with E-state index in [2.05, 4.69) is 17.4 Å². The zero-order chi connectivity index (χ0) is 21.1. The minimum Gasteiger partial charge on any atom is -0.354 e. The summed E-state index contributed by atoms with van der Waals surface area (Å²) in [5.74, 6) is 0.137. The van der Waals surface area contributed by atoms with Gasteiger partial charge in [0.25, 0.3) is 5.91 Å². The fraction of sp³-hybridized carbons (Fsp3) is 0.333. The maximum Gasteiger partial charge on any atom is 0.261 e. The molecule has 1 N–H and O–H groups in total. The van der Waals surface area contributed by atoms with Crippen LogP contribution in [0.2, 0.25) is 5.02 Å². The Bertz CT molecular complexity index is 1060. The Labute approximate surface area is 185 Å². The van der Waals surface area contributed by atoms with Crippen molar-refractivity contribution in [2.45, 2.75) is 38.1 Å². The Morgan fingerprint density at radius 1 is 1.17 bits per heavy atom. The summed E-state index contributed by atoms with van der Waals surface area (Å²) in [6, 6.07) is 16.0. The topological polar surface area (TPSA) is 49.4 Å². The molecule has 0 spiro atoms. The lowest BCUT2D eigenvalue weighted by Gasteiger charge is -2.25. The number of thiophene rings is 1. The van der Waals surface area contributed by atoms with E-state index in [9.17, 15) is 9.59 Å². The van der Waals surface area contributed by atoms with Gasteiger partial charge in [0.2, 0.25) is 5.91 Å². The van der Waals surface area contributed by atoms with E-state index in [1.807, 2.05) is 41.3 Å². The molecule has 0 aliphatic carbocycles. The number of amides is 2. The van der Waals surface area contributed by atoms with Gasteiger partial charge in [-0.05, 0) is 60.4 Å². The lowest BCUT2D eigenvalue weighted by Crippen LogP contribution is -2.37. The largest absolute Gasteiger partial charge is 0.354 e. The van der Waals surface area contributed by atoms with Crippen LogP contribution in [0.1, 0.15) is 40.1 Å². The van der Waals surface area contributed by atoms with Crippen molar-refractivity contribution < 1.29 is 9.59 Å². The van der Waals surface area contributed by atoms with Gasteiger partial charge in [-0.25, -0.2) is 0 Å². The van der Waals surface area contributed by atoms with Gasteiger partial charge in [0.1, 0.15) is 0 Å². The number of carbonyl (C=O) groups excluding carboxylic acids is 2. The average molecular weight is 441 g/mol. The number of hydrogen-bond acceptors (Lipinski definition) is 3. The summed E-state index contributed by atoms with van der Waals surface area (Å²) in [4.78, 5) is 28.3. The summed E-state index contributed by atoms with van der Waals surface area (Å²) < 4.78 is 1.12. The zero-order valence-corrected chi connectivity index (χ0v) is 18.6. The van der Waals surface area contributed by atoms with E-state index in [0.717, 1.165) is 51.9 Å². The summed E-state index contributed by atoms with van der Waals surface area (Å²) >= 11 is 7.48. The standard InChI is InChI=1S/C24H25ClN2O2S/c1-26-24(29)23-20(19-6-2-3-7-21(19)30-23)15-18-5-4-14-27(18)22(28)13-10-16-8-11-17(25)12-9-16/h2-3,6-9,11-12,18H,4-5,10,13-15H2,1H3,(H,26,29)/t18-/m0/s1. The zero-order valence-electron chi connectivity index (χ0n) is 17.0. The number of halogens is 1. The molecule has 1 fully saturated rings. The van der Waals surface area contributed by atoms with Crippen molar-refractivity contribution in [2.75, 3.05) is 13.6 Å². The number of aryl methyl sites for hydroxylation is 1. The van der Waals surface area contributed by atoms with Crippen LogP contribution in [0.5, 0.6) is 0 Å². The van der Waals surface area contributed by atoms with Crippen molar-refractivity contribution in [3.05, 3.63) is 69.6 Å². The Morgan fingerprint density at radius 3 is 2.70 bits per heavy atom. The van der Waals surface area contributed by atoms with Crippen LogP contribution in [0.25, 0.3) is 10.1 Å². The van der Waals surface area contributed by atoms with Gasteiger partial charge in [0.15, 0.2) is 0 Å². The molecular formula is C24H25ClN2O2S. The SMILES string of the molecule is CNC(=O)c1sc2ccccc2c1C[C@@H]1CCCN1C(=O)CCc1ccc(Cl)cc1. The molecule has 156 valence electrons. The van der Waals surface area contributed by atoms with E-state index in [-0.39, 0.29) is 17.9 Å². The molecule has 0 saturated carbocycles. The highest BCUT2D eigenvalue weighted by molar-refractivity contribution is 7.21. The van der Waals surface area contributed by atoms with Crippen molar-refractivity contribution >= 4 is 44.8 Å². The van der Waals surface area contributed by atoms with Crippen molar-refractivity contribution in [1.82, 2.24) is 10.2 Å². The van der Waals surface area contributed by atoms with Crippen LogP contribution in [-0.4, -0.2) is 36.3 Å². The second kappa shape index (κ2) is 9.19. The van der Waals surface area contributed by atoms with Crippen LogP contribution in [0, 0.1) is 0 Å². The van der Waals surface area contributed by atoms with Crippen molar-refractivity contribution in [3.63, 3.8) is 0 Å². The van der Waals surface area contributed by atoms with E-state index in [0.29, 0.717) is 17.9 Å². The summed E-state index contributed by atoms with van der Waals surface area (Å²) in [5, 5.41) is 4.60. The minimum absolute atomic E-state index is 0.0511. The summed E-state index contributed by atoms with van der Waals surface area (Å²) in [6.45, 7) is 0.793. The fourth-order valence-electron chi connectivity index (χ4n) is 4.26. The predicted molar refractivity (Wildman–Crippen MR) is 123 cm³/mol. The first-order valence-corrected chi connectivity index (χ1v) is 11.5. The van der Waals surface area contributed by atoms with Crippen LogP contribution in [0.3, 0.4) is 0 Å². The van der Waals surface area contributed by atoms with E-state index in [1.54, 1.807) is 7.05 Å². The van der Waals surface area contributed by atoms with Gasteiger partial charge in [0.05, 0.1) is 4.88 Å². The van der Waals surface area contributed by atoms with E-state index < -0.39 is 0 Å². The third-order valence-corrected chi connectivity index (χ3v) is 7.27. The molecule has 0 unspecified atom stereocenters. The highest BCUT2D eigenvalue weighted by Gasteiger charge is 2.30. The Hall–Kier alpha value is -2.37. The molecule has 1 atom stereocenters. The number of likely N-dealkylation sites (tertiary alicyclic amines) is 1. The van der Waals surface area contributed by atoms with E-state index in [4.69, 9.17) is 11.6 Å². The molecule has 1 saturated heterocycles. The van der Waals surface area contributed by atoms with Gasteiger partial charge >= 0.3 is 0 Å². The minimum atomic E-state index is -0.0511. The Balaban J connectivity index is 1.51. The molecule has 1 aliphatic heterocycles.